The first-order valence-electron chi connectivity index (χ1n) is 12.1. The molecule has 2 heterocycles. The number of methoxy groups -OCH3 is 3. The monoisotopic (exact) mass is 522 g/mol. The number of ether oxygens (including phenoxy) is 3. The predicted octanol–water partition coefficient (Wildman–Crippen LogP) is 3.69. The van der Waals surface area contributed by atoms with Crippen LogP contribution in [0.2, 0.25) is 0 Å². The van der Waals surface area contributed by atoms with Crippen LogP contribution in [-0.4, -0.2) is 55.2 Å². The zero-order valence-electron chi connectivity index (χ0n) is 21.5. The Morgan fingerprint density at radius 1 is 1.13 bits per heavy atom. The summed E-state index contributed by atoms with van der Waals surface area (Å²) in [7, 11) is 4.63. The minimum absolute atomic E-state index is 0.000272. The third-order valence-corrected chi connectivity index (χ3v) is 6.27. The van der Waals surface area contributed by atoms with Gasteiger partial charge in [-0.15, -0.1) is 0 Å². The lowest BCUT2D eigenvalue weighted by atomic mass is 9.97. The molecule has 1 atom stereocenters. The van der Waals surface area contributed by atoms with Crippen molar-refractivity contribution < 1.29 is 23.9 Å². The Kier molecular flexibility index (Phi) is 8.41. The third kappa shape index (κ3) is 6.20. The molecule has 12 nitrogen and oxygen atoms in total. The fourth-order valence-electron chi connectivity index (χ4n) is 4.38. The Hall–Kier alpha value is -4.61. The van der Waals surface area contributed by atoms with E-state index in [0.29, 0.717) is 46.8 Å². The number of rotatable bonds is 10. The molecule has 3 aromatic rings. The van der Waals surface area contributed by atoms with Crippen molar-refractivity contribution in [3.63, 3.8) is 0 Å². The van der Waals surface area contributed by atoms with E-state index in [0.717, 1.165) is 19.4 Å². The molecule has 1 saturated heterocycles. The molecule has 12 heteroatoms. The second-order valence-corrected chi connectivity index (χ2v) is 8.71. The number of carbonyl (C=O) groups excluding carboxylic acids is 1. The van der Waals surface area contributed by atoms with E-state index in [1.807, 2.05) is 6.07 Å². The van der Waals surface area contributed by atoms with E-state index < -0.39 is 4.92 Å². The molecule has 38 heavy (non-hydrogen) atoms. The molecule has 0 spiro atoms. The van der Waals surface area contributed by atoms with Crippen LogP contribution in [0.3, 0.4) is 0 Å². The highest BCUT2D eigenvalue weighted by molar-refractivity contribution is 5.79. The molecule has 1 fully saturated rings. The van der Waals surface area contributed by atoms with E-state index in [4.69, 9.17) is 14.2 Å². The first kappa shape index (κ1) is 26.5. The molecule has 0 bridgehead atoms. The van der Waals surface area contributed by atoms with Crippen molar-refractivity contribution in [1.29, 1.82) is 0 Å². The first-order valence-corrected chi connectivity index (χ1v) is 12.1. The van der Waals surface area contributed by atoms with Gasteiger partial charge in [-0.25, -0.2) is 4.98 Å². The molecular weight excluding hydrogens is 492 g/mol. The number of non-ortho nitro benzene ring substituents is 1. The fourth-order valence-corrected chi connectivity index (χ4v) is 4.38. The maximum Gasteiger partial charge on any atom is 0.269 e. The van der Waals surface area contributed by atoms with Crippen LogP contribution in [0.15, 0.2) is 48.7 Å². The van der Waals surface area contributed by atoms with Gasteiger partial charge < -0.3 is 29.7 Å². The molecule has 0 saturated carbocycles. The molecule has 0 aliphatic carbocycles. The zero-order chi connectivity index (χ0) is 27.1. The molecule has 1 aromatic heterocycles. The smallest absolute Gasteiger partial charge is 0.269 e. The Bertz CT molecular complexity index is 1280. The number of hydrogen-bond donors (Lipinski definition) is 2. The van der Waals surface area contributed by atoms with Crippen LogP contribution in [-0.2, 0) is 11.3 Å². The molecular formula is C26H30N6O6. The van der Waals surface area contributed by atoms with Gasteiger partial charge in [0.2, 0.25) is 17.6 Å². The summed E-state index contributed by atoms with van der Waals surface area (Å²) in [4.78, 5) is 34.5. The average Bonchev–Trinajstić information content (AvgIpc) is 2.95. The normalized spacial score (nSPS) is 14.9. The van der Waals surface area contributed by atoms with Crippen LogP contribution < -0.4 is 29.7 Å². The summed E-state index contributed by atoms with van der Waals surface area (Å²) in [5.74, 6) is 2.24. The minimum Gasteiger partial charge on any atom is -0.493 e. The van der Waals surface area contributed by atoms with Gasteiger partial charge in [0.05, 0.1) is 32.2 Å². The summed E-state index contributed by atoms with van der Waals surface area (Å²) in [6.45, 7) is 1.49. The average molecular weight is 523 g/mol. The summed E-state index contributed by atoms with van der Waals surface area (Å²) < 4.78 is 16.2. The molecule has 2 aromatic carbocycles. The number of piperidine rings is 1. The SMILES string of the molecule is COc1cc(Nc2nccc(N3CCCC(C(=O)NCc4cccc([N+](=O)[O-])c4)C3)n2)cc(OC)c1OC. The van der Waals surface area contributed by atoms with E-state index in [2.05, 4.69) is 25.5 Å². The highest BCUT2D eigenvalue weighted by atomic mass is 16.6. The van der Waals surface area contributed by atoms with Gasteiger partial charge in [0.1, 0.15) is 5.82 Å². The van der Waals surface area contributed by atoms with Crippen LogP contribution in [0.1, 0.15) is 18.4 Å². The molecule has 1 unspecified atom stereocenters. The molecule has 200 valence electrons. The summed E-state index contributed by atoms with van der Waals surface area (Å²) in [6, 6.07) is 11.6. The second-order valence-electron chi connectivity index (χ2n) is 8.71. The van der Waals surface area contributed by atoms with Gasteiger partial charge in [0.25, 0.3) is 5.69 Å². The van der Waals surface area contributed by atoms with Gasteiger partial charge in [0, 0.05) is 55.8 Å². The Labute approximate surface area is 220 Å². The largest absolute Gasteiger partial charge is 0.493 e. The lowest BCUT2D eigenvalue weighted by molar-refractivity contribution is -0.384. The van der Waals surface area contributed by atoms with E-state index in [-0.39, 0.29) is 24.1 Å². The number of nitro benzene ring substituents is 1. The van der Waals surface area contributed by atoms with Gasteiger partial charge in [0.15, 0.2) is 11.5 Å². The standard InChI is InChI=1S/C26H30N6O6/c1-36-21-13-19(14-22(37-2)24(21)38-3)29-26-27-10-9-23(30-26)31-11-5-7-18(16-31)25(33)28-15-17-6-4-8-20(12-17)32(34)35/h4,6,8-10,12-14,18H,5,7,11,15-16H2,1-3H3,(H,28,33)(H,27,29,30). The van der Waals surface area contributed by atoms with Gasteiger partial charge in [-0.1, -0.05) is 12.1 Å². The number of benzene rings is 2. The van der Waals surface area contributed by atoms with Crippen molar-refractivity contribution in [2.24, 2.45) is 5.92 Å². The van der Waals surface area contributed by atoms with E-state index in [1.165, 1.54) is 12.1 Å². The molecule has 2 N–H and O–H groups in total. The van der Waals surface area contributed by atoms with Crippen molar-refractivity contribution in [3.05, 3.63) is 64.3 Å². The van der Waals surface area contributed by atoms with E-state index in [1.54, 1.807) is 51.8 Å². The lowest BCUT2D eigenvalue weighted by Gasteiger charge is -2.33. The van der Waals surface area contributed by atoms with Crippen molar-refractivity contribution in [1.82, 2.24) is 15.3 Å². The number of carbonyl (C=O) groups is 1. The van der Waals surface area contributed by atoms with E-state index >= 15 is 0 Å². The van der Waals surface area contributed by atoms with Crippen LogP contribution in [0, 0.1) is 16.0 Å². The topological polar surface area (TPSA) is 141 Å². The first-order chi connectivity index (χ1) is 18.4. The zero-order valence-corrected chi connectivity index (χ0v) is 21.5. The molecule has 4 rings (SSSR count). The van der Waals surface area contributed by atoms with Crippen LogP contribution in [0.4, 0.5) is 23.1 Å². The van der Waals surface area contributed by atoms with Gasteiger partial charge in [-0.2, -0.15) is 4.98 Å². The van der Waals surface area contributed by atoms with Crippen molar-refractivity contribution in [3.8, 4) is 17.2 Å². The number of nitrogens with one attached hydrogen (secondary N) is 2. The Morgan fingerprint density at radius 2 is 1.89 bits per heavy atom. The molecule has 1 aliphatic rings. The van der Waals surface area contributed by atoms with Gasteiger partial charge >= 0.3 is 0 Å². The summed E-state index contributed by atoms with van der Waals surface area (Å²) in [6.07, 6.45) is 3.24. The number of hydrogen-bond acceptors (Lipinski definition) is 10. The number of amides is 1. The Balaban J connectivity index is 1.42. The highest BCUT2D eigenvalue weighted by Crippen LogP contribution is 2.40. The quantitative estimate of drug-likeness (QED) is 0.299. The molecule has 1 amide bonds. The minimum atomic E-state index is -0.448. The van der Waals surface area contributed by atoms with Crippen LogP contribution >= 0.6 is 0 Å². The second kappa shape index (κ2) is 12.1. The maximum atomic E-state index is 12.9. The van der Waals surface area contributed by atoms with Crippen LogP contribution in [0.25, 0.3) is 0 Å². The summed E-state index contributed by atoms with van der Waals surface area (Å²) in [5, 5.41) is 17.1. The highest BCUT2D eigenvalue weighted by Gasteiger charge is 2.27. The number of nitro groups is 1. The summed E-state index contributed by atoms with van der Waals surface area (Å²) in [5.41, 5.74) is 1.34. The third-order valence-electron chi connectivity index (χ3n) is 6.27. The molecule has 1 aliphatic heterocycles. The van der Waals surface area contributed by atoms with E-state index in [9.17, 15) is 14.9 Å². The lowest BCUT2D eigenvalue weighted by Crippen LogP contribution is -2.43. The Morgan fingerprint density at radius 3 is 2.58 bits per heavy atom. The van der Waals surface area contributed by atoms with Gasteiger partial charge in [-0.3, -0.25) is 14.9 Å². The number of anilines is 3. The van der Waals surface area contributed by atoms with Crippen molar-refractivity contribution >= 4 is 29.0 Å². The number of nitrogens with zero attached hydrogens (tertiary/aromatic N) is 4. The molecule has 0 radical (unpaired) electrons. The fraction of sp³-hybridized carbons (Fsp3) is 0.346. The van der Waals surface area contributed by atoms with Gasteiger partial charge in [-0.05, 0) is 24.5 Å². The summed E-state index contributed by atoms with van der Waals surface area (Å²) >= 11 is 0. The predicted molar refractivity (Wildman–Crippen MR) is 141 cm³/mol. The van der Waals surface area contributed by atoms with Crippen LogP contribution in [0.5, 0.6) is 17.2 Å². The van der Waals surface area contributed by atoms with Crippen molar-refractivity contribution in [2.45, 2.75) is 19.4 Å². The van der Waals surface area contributed by atoms with Crippen molar-refractivity contribution in [2.75, 3.05) is 44.6 Å². The maximum absolute atomic E-state index is 12.9. The number of aromatic nitrogens is 2.